The molecule has 2 aromatic carbocycles. The Morgan fingerprint density at radius 1 is 1.12 bits per heavy atom. The summed E-state index contributed by atoms with van der Waals surface area (Å²) in [6.45, 7) is 2.05. The molecule has 0 bridgehead atoms. The van der Waals surface area contributed by atoms with Crippen LogP contribution >= 0.6 is 0 Å². The van der Waals surface area contributed by atoms with E-state index in [4.69, 9.17) is 9.47 Å². The van der Waals surface area contributed by atoms with Gasteiger partial charge in [0.1, 0.15) is 5.75 Å². The van der Waals surface area contributed by atoms with Crippen molar-refractivity contribution in [3.05, 3.63) is 64.7 Å². The maximum absolute atomic E-state index is 12.6. The fourth-order valence-corrected chi connectivity index (χ4v) is 4.10. The second-order valence-electron chi connectivity index (χ2n) is 6.81. The van der Waals surface area contributed by atoms with Crippen molar-refractivity contribution >= 4 is 5.97 Å². The Hall–Kier alpha value is -2.29. The molecule has 0 fully saturated rings. The van der Waals surface area contributed by atoms with Crippen molar-refractivity contribution in [2.24, 2.45) is 5.92 Å². The molecule has 0 unspecified atom stereocenters. The van der Waals surface area contributed by atoms with Gasteiger partial charge in [-0.3, -0.25) is 4.79 Å². The lowest BCUT2D eigenvalue weighted by molar-refractivity contribution is -0.144. The summed E-state index contributed by atoms with van der Waals surface area (Å²) in [7, 11) is 3.19. The van der Waals surface area contributed by atoms with Crippen molar-refractivity contribution < 1.29 is 14.3 Å². The minimum absolute atomic E-state index is 0.134. The van der Waals surface area contributed by atoms with Gasteiger partial charge in [-0.1, -0.05) is 42.5 Å². The van der Waals surface area contributed by atoms with E-state index in [9.17, 15) is 4.79 Å². The Kier molecular flexibility index (Phi) is 5.42. The SMILES string of the molecule is COC(=O)[C@H]1c2ccc(C)c(OC)c2CC[C@@H]1CCc1ccccc1. The third-order valence-electron chi connectivity index (χ3n) is 5.37. The van der Waals surface area contributed by atoms with Gasteiger partial charge in [0.15, 0.2) is 0 Å². The smallest absolute Gasteiger partial charge is 0.313 e. The van der Waals surface area contributed by atoms with Crippen LogP contribution in [0.3, 0.4) is 0 Å². The molecule has 1 aliphatic rings. The van der Waals surface area contributed by atoms with E-state index in [2.05, 4.69) is 30.3 Å². The van der Waals surface area contributed by atoms with Gasteiger partial charge in [-0.25, -0.2) is 0 Å². The van der Waals surface area contributed by atoms with Crippen LogP contribution < -0.4 is 4.74 Å². The fourth-order valence-electron chi connectivity index (χ4n) is 4.10. The van der Waals surface area contributed by atoms with Crippen LogP contribution in [0.15, 0.2) is 42.5 Å². The third-order valence-corrected chi connectivity index (χ3v) is 5.37. The van der Waals surface area contributed by atoms with Gasteiger partial charge in [0.05, 0.1) is 20.1 Å². The van der Waals surface area contributed by atoms with E-state index in [1.807, 2.05) is 19.1 Å². The molecular weight excluding hydrogens is 312 g/mol. The standard InChI is InChI=1S/C22H26O3/c1-15-9-13-18-19(21(15)24-2)14-12-17(20(18)22(23)25-3)11-10-16-7-5-4-6-8-16/h4-9,13,17,20H,10-12,14H2,1-3H3/t17-,20+/m0/s1. The molecule has 0 saturated carbocycles. The molecule has 0 aromatic heterocycles. The first-order valence-electron chi connectivity index (χ1n) is 8.93. The monoisotopic (exact) mass is 338 g/mol. The van der Waals surface area contributed by atoms with Gasteiger partial charge in [-0.05, 0) is 60.8 Å². The summed E-state index contributed by atoms with van der Waals surface area (Å²) in [6.07, 6.45) is 3.91. The van der Waals surface area contributed by atoms with Crippen molar-refractivity contribution in [1.82, 2.24) is 0 Å². The lowest BCUT2D eigenvalue weighted by Crippen LogP contribution is -2.29. The molecule has 0 heterocycles. The zero-order valence-electron chi connectivity index (χ0n) is 15.2. The van der Waals surface area contributed by atoms with Crippen LogP contribution in [0, 0.1) is 12.8 Å². The Bertz CT molecular complexity index is 736. The molecule has 3 heteroatoms. The second kappa shape index (κ2) is 7.73. The first-order valence-corrected chi connectivity index (χ1v) is 8.93. The van der Waals surface area contributed by atoms with Crippen LogP contribution in [0.4, 0.5) is 0 Å². The van der Waals surface area contributed by atoms with Crippen LogP contribution in [0.5, 0.6) is 5.75 Å². The number of aryl methyl sites for hydroxylation is 2. The number of methoxy groups -OCH3 is 2. The quantitative estimate of drug-likeness (QED) is 0.755. The lowest BCUT2D eigenvalue weighted by atomic mass is 9.72. The summed E-state index contributed by atoms with van der Waals surface area (Å²) in [5.41, 5.74) is 4.69. The van der Waals surface area contributed by atoms with E-state index in [1.165, 1.54) is 18.2 Å². The summed E-state index contributed by atoms with van der Waals surface area (Å²) in [6, 6.07) is 14.6. The highest BCUT2D eigenvalue weighted by Gasteiger charge is 2.36. The Morgan fingerprint density at radius 3 is 2.56 bits per heavy atom. The molecule has 0 radical (unpaired) electrons. The Balaban J connectivity index is 1.89. The van der Waals surface area contributed by atoms with E-state index in [1.54, 1.807) is 7.11 Å². The fraction of sp³-hybridized carbons (Fsp3) is 0.409. The normalized spacial score (nSPS) is 19.2. The highest BCUT2D eigenvalue weighted by atomic mass is 16.5. The van der Waals surface area contributed by atoms with Crippen LogP contribution in [0.1, 0.15) is 41.0 Å². The highest BCUT2D eigenvalue weighted by Crippen LogP contribution is 2.43. The maximum atomic E-state index is 12.6. The summed E-state index contributed by atoms with van der Waals surface area (Å²) in [5, 5.41) is 0. The van der Waals surface area contributed by atoms with Gasteiger partial charge in [0.25, 0.3) is 0 Å². The van der Waals surface area contributed by atoms with Gasteiger partial charge in [0.2, 0.25) is 0 Å². The topological polar surface area (TPSA) is 35.5 Å². The molecule has 0 saturated heterocycles. The molecule has 3 rings (SSSR count). The second-order valence-corrected chi connectivity index (χ2v) is 6.81. The summed E-state index contributed by atoms with van der Waals surface area (Å²) in [5.74, 6) is 0.886. The number of hydrogen-bond acceptors (Lipinski definition) is 3. The minimum atomic E-state index is -0.202. The van der Waals surface area contributed by atoms with Gasteiger partial charge >= 0.3 is 5.97 Å². The van der Waals surface area contributed by atoms with Crippen molar-refractivity contribution in [3.8, 4) is 5.75 Å². The third kappa shape index (κ3) is 3.55. The number of hydrogen-bond donors (Lipinski definition) is 0. The molecular formula is C22H26O3. The predicted octanol–water partition coefficient (Wildman–Crippen LogP) is 4.46. The summed E-state index contributed by atoms with van der Waals surface area (Å²) < 4.78 is 10.8. The molecule has 25 heavy (non-hydrogen) atoms. The molecule has 2 atom stereocenters. The average molecular weight is 338 g/mol. The van der Waals surface area contributed by atoms with E-state index >= 15 is 0 Å². The summed E-state index contributed by atoms with van der Waals surface area (Å²) in [4.78, 5) is 12.6. The molecule has 0 aliphatic heterocycles. The number of esters is 1. The Morgan fingerprint density at radius 2 is 1.88 bits per heavy atom. The zero-order valence-corrected chi connectivity index (χ0v) is 15.2. The minimum Gasteiger partial charge on any atom is -0.496 e. The molecule has 0 spiro atoms. The number of fused-ring (bicyclic) bond motifs is 1. The van der Waals surface area contributed by atoms with Gasteiger partial charge in [0, 0.05) is 0 Å². The molecule has 1 aliphatic carbocycles. The van der Waals surface area contributed by atoms with Crippen LogP contribution in [-0.4, -0.2) is 20.2 Å². The average Bonchev–Trinajstić information content (AvgIpc) is 2.66. The molecule has 132 valence electrons. The van der Waals surface area contributed by atoms with Crippen molar-refractivity contribution in [2.45, 2.75) is 38.5 Å². The number of carbonyl (C=O) groups excluding carboxylic acids is 1. The van der Waals surface area contributed by atoms with Gasteiger partial charge in [-0.2, -0.15) is 0 Å². The van der Waals surface area contributed by atoms with Crippen molar-refractivity contribution in [3.63, 3.8) is 0 Å². The maximum Gasteiger partial charge on any atom is 0.313 e. The number of benzene rings is 2. The number of carbonyl (C=O) groups is 1. The number of rotatable bonds is 5. The van der Waals surface area contributed by atoms with Crippen molar-refractivity contribution in [1.29, 1.82) is 0 Å². The predicted molar refractivity (Wildman–Crippen MR) is 99.1 cm³/mol. The molecule has 0 N–H and O–H groups in total. The van der Waals surface area contributed by atoms with E-state index in [0.717, 1.165) is 42.6 Å². The molecule has 2 aromatic rings. The van der Waals surface area contributed by atoms with Crippen LogP contribution in [0.25, 0.3) is 0 Å². The van der Waals surface area contributed by atoms with Crippen LogP contribution in [-0.2, 0) is 22.4 Å². The van der Waals surface area contributed by atoms with Gasteiger partial charge < -0.3 is 9.47 Å². The largest absolute Gasteiger partial charge is 0.496 e. The van der Waals surface area contributed by atoms with Gasteiger partial charge in [-0.15, -0.1) is 0 Å². The summed E-state index contributed by atoms with van der Waals surface area (Å²) >= 11 is 0. The Labute approximate surface area is 150 Å². The van der Waals surface area contributed by atoms with Crippen LogP contribution in [0.2, 0.25) is 0 Å². The van der Waals surface area contributed by atoms with E-state index in [-0.39, 0.29) is 11.9 Å². The van der Waals surface area contributed by atoms with E-state index in [0.29, 0.717) is 5.92 Å². The zero-order chi connectivity index (χ0) is 17.8. The highest BCUT2D eigenvalue weighted by molar-refractivity contribution is 5.80. The first kappa shape index (κ1) is 17.5. The lowest BCUT2D eigenvalue weighted by Gasteiger charge is -2.33. The van der Waals surface area contributed by atoms with Crippen molar-refractivity contribution in [2.75, 3.05) is 14.2 Å². The molecule has 0 amide bonds. The van der Waals surface area contributed by atoms with E-state index < -0.39 is 0 Å². The molecule has 3 nitrogen and oxygen atoms in total. The number of ether oxygens (including phenoxy) is 2. The first-order chi connectivity index (χ1) is 12.2.